The van der Waals surface area contributed by atoms with Crippen molar-refractivity contribution in [1.29, 1.82) is 0 Å². The van der Waals surface area contributed by atoms with Gasteiger partial charge in [-0.1, -0.05) is 61.8 Å². The second-order valence-corrected chi connectivity index (χ2v) is 8.98. The van der Waals surface area contributed by atoms with E-state index in [0.717, 1.165) is 5.39 Å². The number of halogens is 1. The van der Waals surface area contributed by atoms with Gasteiger partial charge in [0.1, 0.15) is 5.82 Å². The quantitative estimate of drug-likeness (QED) is 0.468. The Morgan fingerprint density at radius 1 is 1.00 bits per heavy atom. The fourth-order valence-corrected chi connectivity index (χ4v) is 4.67. The zero-order valence-electron chi connectivity index (χ0n) is 15.4. The van der Waals surface area contributed by atoms with Gasteiger partial charge in [-0.15, -0.1) is 0 Å². The molecule has 0 saturated heterocycles. The lowest BCUT2D eigenvalue weighted by Gasteiger charge is -2.08. The Balaban J connectivity index is 2.01. The lowest BCUT2D eigenvalue weighted by atomic mass is 10.1. The molecule has 2 aromatic heterocycles. The highest BCUT2D eigenvalue weighted by Gasteiger charge is 2.23. The van der Waals surface area contributed by atoms with E-state index in [2.05, 4.69) is 9.97 Å². The van der Waals surface area contributed by atoms with Crippen LogP contribution < -0.4 is 0 Å². The van der Waals surface area contributed by atoms with Crippen LogP contribution >= 0.6 is 11.6 Å². The molecule has 4 rings (SSSR count). The Hall–Kier alpha value is -2.70. The third-order valence-electron chi connectivity index (χ3n) is 4.51. The average Bonchev–Trinajstić information content (AvgIpc) is 3.09. The summed E-state index contributed by atoms with van der Waals surface area (Å²) < 4.78 is 27.8. The van der Waals surface area contributed by atoms with Crippen molar-refractivity contribution >= 4 is 32.5 Å². The monoisotopic (exact) mass is 411 g/mol. The van der Waals surface area contributed by atoms with Gasteiger partial charge in [0.25, 0.3) is 10.0 Å². The van der Waals surface area contributed by atoms with Gasteiger partial charge >= 0.3 is 0 Å². The average molecular weight is 412 g/mol. The maximum Gasteiger partial charge on any atom is 0.268 e. The number of para-hydroxylation sites is 1. The van der Waals surface area contributed by atoms with Crippen molar-refractivity contribution in [3.05, 3.63) is 77.8 Å². The molecule has 142 valence electrons. The maximum absolute atomic E-state index is 13.2. The molecule has 7 heteroatoms. The van der Waals surface area contributed by atoms with Gasteiger partial charge in [-0.05, 0) is 18.2 Å². The van der Waals surface area contributed by atoms with Gasteiger partial charge in [0.15, 0.2) is 0 Å². The minimum atomic E-state index is -3.76. The van der Waals surface area contributed by atoms with Crippen LogP contribution in [0.2, 0.25) is 5.02 Å². The molecule has 0 saturated carbocycles. The largest absolute Gasteiger partial charge is 0.268 e. The summed E-state index contributed by atoms with van der Waals surface area (Å²) in [6, 6.07) is 15.7. The molecule has 0 aliphatic rings. The molecule has 0 atom stereocenters. The van der Waals surface area contributed by atoms with Crippen LogP contribution in [0.25, 0.3) is 22.2 Å². The van der Waals surface area contributed by atoms with Crippen LogP contribution in [0.3, 0.4) is 0 Å². The van der Waals surface area contributed by atoms with Crippen molar-refractivity contribution in [2.75, 3.05) is 0 Å². The van der Waals surface area contributed by atoms with E-state index in [1.54, 1.807) is 48.8 Å². The van der Waals surface area contributed by atoms with E-state index in [0.29, 0.717) is 27.6 Å². The van der Waals surface area contributed by atoms with Gasteiger partial charge in [0, 0.05) is 29.3 Å². The number of nitrogens with zero attached hydrogens (tertiary/aromatic N) is 3. The summed E-state index contributed by atoms with van der Waals surface area (Å²) >= 11 is 6.39. The molecule has 0 amide bonds. The van der Waals surface area contributed by atoms with Crippen LogP contribution in [0.5, 0.6) is 0 Å². The molecular formula is C21H18ClN3O2S. The molecule has 0 aliphatic heterocycles. The Morgan fingerprint density at radius 2 is 1.68 bits per heavy atom. The predicted octanol–water partition coefficient (Wildman–Crippen LogP) is 5.11. The molecule has 0 spiro atoms. The molecule has 0 radical (unpaired) electrons. The summed E-state index contributed by atoms with van der Waals surface area (Å²) in [7, 11) is -3.76. The van der Waals surface area contributed by atoms with Crippen molar-refractivity contribution in [3.8, 4) is 11.3 Å². The van der Waals surface area contributed by atoms with Gasteiger partial charge in [0.05, 0.1) is 21.1 Å². The molecule has 0 bridgehead atoms. The summed E-state index contributed by atoms with van der Waals surface area (Å²) in [5, 5.41) is 1.14. The summed E-state index contributed by atoms with van der Waals surface area (Å²) in [5.74, 6) is 0.777. The standard InChI is InChI=1S/C21H18ClN3O2S/c1-14(2)21-23-12-18(22)20(24-21)17-13-25(19-11-7-6-10-16(17)19)28(26,27)15-8-4-3-5-9-15/h3-14H,1-2H3. The maximum atomic E-state index is 13.2. The van der Waals surface area contributed by atoms with E-state index in [1.807, 2.05) is 32.0 Å². The molecule has 0 aliphatic carbocycles. The summed E-state index contributed by atoms with van der Waals surface area (Å²) in [4.78, 5) is 9.11. The fraction of sp³-hybridized carbons (Fsp3) is 0.143. The zero-order valence-corrected chi connectivity index (χ0v) is 16.9. The van der Waals surface area contributed by atoms with Crippen LogP contribution in [0, 0.1) is 0 Å². The lowest BCUT2D eigenvalue weighted by Crippen LogP contribution is -2.11. The first kappa shape index (κ1) is 18.7. The molecule has 2 aromatic carbocycles. The van der Waals surface area contributed by atoms with E-state index in [1.165, 1.54) is 3.97 Å². The molecule has 0 N–H and O–H groups in total. The minimum Gasteiger partial charge on any atom is -0.240 e. The third kappa shape index (κ3) is 3.08. The van der Waals surface area contributed by atoms with Gasteiger partial charge in [-0.25, -0.2) is 22.4 Å². The first-order valence-electron chi connectivity index (χ1n) is 8.83. The van der Waals surface area contributed by atoms with E-state index < -0.39 is 10.0 Å². The van der Waals surface area contributed by atoms with Crippen molar-refractivity contribution in [3.63, 3.8) is 0 Å². The number of hydrogen-bond donors (Lipinski definition) is 0. The van der Waals surface area contributed by atoms with Crippen LogP contribution in [-0.2, 0) is 10.0 Å². The Kier molecular flexibility index (Phi) is 4.69. The Bertz CT molecular complexity index is 1270. The van der Waals surface area contributed by atoms with Crippen LogP contribution in [0.1, 0.15) is 25.6 Å². The van der Waals surface area contributed by atoms with Crippen molar-refractivity contribution in [2.45, 2.75) is 24.7 Å². The number of rotatable bonds is 4. The molecule has 28 heavy (non-hydrogen) atoms. The molecule has 0 fully saturated rings. The SMILES string of the molecule is CC(C)c1ncc(Cl)c(-c2cn(S(=O)(=O)c3ccccc3)c3ccccc23)n1. The number of fused-ring (bicyclic) bond motifs is 1. The summed E-state index contributed by atoms with van der Waals surface area (Å²) in [6.45, 7) is 3.99. The van der Waals surface area contributed by atoms with Gasteiger partial charge < -0.3 is 0 Å². The highest BCUT2D eigenvalue weighted by atomic mass is 35.5. The third-order valence-corrected chi connectivity index (χ3v) is 6.48. The highest BCUT2D eigenvalue weighted by Crippen LogP contribution is 2.35. The molecule has 5 nitrogen and oxygen atoms in total. The van der Waals surface area contributed by atoms with Crippen molar-refractivity contribution in [1.82, 2.24) is 13.9 Å². The van der Waals surface area contributed by atoms with Gasteiger partial charge in [-0.3, -0.25) is 0 Å². The van der Waals surface area contributed by atoms with Crippen molar-refractivity contribution in [2.24, 2.45) is 0 Å². The zero-order chi connectivity index (χ0) is 19.9. The van der Waals surface area contributed by atoms with Gasteiger partial charge in [0.2, 0.25) is 0 Å². The fourth-order valence-electron chi connectivity index (χ4n) is 3.09. The van der Waals surface area contributed by atoms with Crippen LogP contribution in [0.15, 0.2) is 71.9 Å². The Morgan fingerprint density at radius 3 is 2.39 bits per heavy atom. The first-order chi connectivity index (χ1) is 13.4. The molecule has 2 heterocycles. The molecule has 4 aromatic rings. The Labute approximate surface area is 168 Å². The van der Waals surface area contributed by atoms with E-state index in [-0.39, 0.29) is 10.8 Å². The number of hydrogen-bond acceptors (Lipinski definition) is 4. The second-order valence-electron chi connectivity index (χ2n) is 6.75. The number of benzene rings is 2. The smallest absolute Gasteiger partial charge is 0.240 e. The topological polar surface area (TPSA) is 64.8 Å². The van der Waals surface area contributed by atoms with Gasteiger partial charge in [-0.2, -0.15) is 0 Å². The lowest BCUT2D eigenvalue weighted by molar-refractivity contribution is 0.589. The minimum absolute atomic E-state index is 0.123. The van der Waals surface area contributed by atoms with Crippen LogP contribution in [0.4, 0.5) is 0 Å². The van der Waals surface area contributed by atoms with Crippen LogP contribution in [-0.4, -0.2) is 22.4 Å². The van der Waals surface area contributed by atoms with E-state index >= 15 is 0 Å². The summed E-state index contributed by atoms with van der Waals surface area (Å²) in [6.07, 6.45) is 3.16. The van der Waals surface area contributed by atoms with E-state index in [4.69, 9.17) is 11.6 Å². The first-order valence-corrected chi connectivity index (χ1v) is 10.6. The van der Waals surface area contributed by atoms with Crippen molar-refractivity contribution < 1.29 is 8.42 Å². The number of aromatic nitrogens is 3. The molecular weight excluding hydrogens is 394 g/mol. The predicted molar refractivity (Wildman–Crippen MR) is 111 cm³/mol. The highest BCUT2D eigenvalue weighted by molar-refractivity contribution is 7.90. The summed E-state index contributed by atoms with van der Waals surface area (Å²) in [5.41, 5.74) is 1.75. The second kappa shape index (κ2) is 7.04. The molecule has 0 unspecified atom stereocenters. The van der Waals surface area contributed by atoms with E-state index in [9.17, 15) is 8.42 Å². The normalized spacial score (nSPS) is 12.0.